The molecule has 1 aromatic rings. The van der Waals surface area contributed by atoms with E-state index in [0.29, 0.717) is 5.92 Å². The van der Waals surface area contributed by atoms with Crippen molar-refractivity contribution in [1.82, 2.24) is 0 Å². The predicted octanol–water partition coefficient (Wildman–Crippen LogP) is 1.91. The van der Waals surface area contributed by atoms with Crippen molar-refractivity contribution in [3.05, 3.63) is 17.5 Å². The molecule has 0 aromatic carbocycles. The van der Waals surface area contributed by atoms with Gasteiger partial charge in [-0.3, -0.25) is 4.79 Å². The van der Waals surface area contributed by atoms with Crippen LogP contribution in [0.3, 0.4) is 0 Å². The van der Waals surface area contributed by atoms with Crippen LogP contribution in [0.1, 0.15) is 6.42 Å². The molecule has 0 saturated heterocycles. The molecule has 14 heavy (non-hydrogen) atoms. The van der Waals surface area contributed by atoms with E-state index in [2.05, 4.69) is 11.0 Å². The Hall–Kier alpha value is -1.03. The standard InChI is InChI=1S/C10H13NO2S/c1-11(9-3-2-4-14-9)6-7-5-8(7)10(12)13/h2-4,7-8H,5-6H2,1H3,(H,12,13). The van der Waals surface area contributed by atoms with Crippen LogP contribution >= 0.6 is 11.3 Å². The summed E-state index contributed by atoms with van der Waals surface area (Å²) < 4.78 is 0. The number of carboxylic acids is 1. The van der Waals surface area contributed by atoms with Crippen molar-refractivity contribution in [2.45, 2.75) is 6.42 Å². The highest BCUT2D eigenvalue weighted by Gasteiger charge is 2.43. The lowest BCUT2D eigenvalue weighted by Gasteiger charge is -2.16. The minimum atomic E-state index is -0.644. The number of aliphatic carboxylic acids is 1. The van der Waals surface area contributed by atoms with Crippen LogP contribution < -0.4 is 4.90 Å². The zero-order valence-electron chi connectivity index (χ0n) is 8.01. The first kappa shape index (κ1) is 9.52. The summed E-state index contributed by atoms with van der Waals surface area (Å²) in [5.74, 6) is -0.397. The summed E-state index contributed by atoms with van der Waals surface area (Å²) in [6.07, 6.45) is 0.838. The molecule has 2 unspecified atom stereocenters. The Kier molecular flexibility index (Phi) is 2.46. The minimum absolute atomic E-state index is 0.0996. The summed E-state index contributed by atoms with van der Waals surface area (Å²) in [7, 11) is 2.02. The molecule has 76 valence electrons. The van der Waals surface area contributed by atoms with Gasteiger partial charge in [-0.05, 0) is 29.9 Å². The van der Waals surface area contributed by atoms with Gasteiger partial charge >= 0.3 is 5.97 Å². The zero-order valence-corrected chi connectivity index (χ0v) is 8.83. The fraction of sp³-hybridized carbons (Fsp3) is 0.500. The van der Waals surface area contributed by atoms with Gasteiger partial charge in [0, 0.05) is 13.6 Å². The average molecular weight is 211 g/mol. The lowest BCUT2D eigenvalue weighted by molar-refractivity contribution is -0.138. The van der Waals surface area contributed by atoms with E-state index in [1.807, 2.05) is 18.5 Å². The smallest absolute Gasteiger partial charge is 0.306 e. The fourth-order valence-corrected chi connectivity index (χ4v) is 2.39. The highest BCUT2D eigenvalue weighted by Crippen LogP contribution is 2.39. The third-order valence-corrected chi connectivity index (χ3v) is 3.61. The monoisotopic (exact) mass is 211 g/mol. The molecule has 1 saturated carbocycles. The minimum Gasteiger partial charge on any atom is -0.481 e. The van der Waals surface area contributed by atoms with Crippen molar-refractivity contribution >= 4 is 22.3 Å². The number of rotatable bonds is 4. The SMILES string of the molecule is CN(CC1CC1C(=O)O)c1cccs1. The van der Waals surface area contributed by atoms with Gasteiger partial charge in [-0.2, -0.15) is 0 Å². The van der Waals surface area contributed by atoms with Gasteiger partial charge in [-0.15, -0.1) is 11.3 Å². The summed E-state index contributed by atoms with van der Waals surface area (Å²) in [4.78, 5) is 12.8. The first-order chi connectivity index (χ1) is 6.68. The number of hydrogen-bond donors (Lipinski definition) is 1. The first-order valence-electron chi connectivity index (χ1n) is 4.66. The Morgan fingerprint density at radius 2 is 2.57 bits per heavy atom. The molecule has 0 bridgehead atoms. The van der Waals surface area contributed by atoms with Crippen LogP contribution in [0, 0.1) is 11.8 Å². The van der Waals surface area contributed by atoms with E-state index in [0.717, 1.165) is 13.0 Å². The second-order valence-corrected chi connectivity index (χ2v) is 4.70. The van der Waals surface area contributed by atoms with Crippen molar-refractivity contribution in [1.29, 1.82) is 0 Å². The van der Waals surface area contributed by atoms with E-state index in [9.17, 15) is 4.79 Å². The van der Waals surface area contributed by atoms with E-state index < -0.39 is 5.97 Å². The second kappa shape index (κ2) is 3.61. The van der Waals surface area contributed by atoms with Crippen LogP contribution in [0.4, 0.5) is 5.00 Å². The third-order valence-electron chi connectivity index (χ3n) is 2.63. The largest absolute Gasteiger partial charge is 0.481 e. The Morgan fingerprint density at radius 3 is 3.07 bits per heavy atom. The van der Waals surface area contributed by atoms with Crippen LogP contribution in [-0.2, 0) is 4.79 Å². The molecule has 0 radical (unpaired) electrons. The van der Waals surface area contributed by atoms with Crippen molar-refractivity contribution in [2.75, 3.05) is 18.5 Å². The first-order valence-corrected chi connectivity index (χ1v) is 5.54. The molecule has 1 N–H and O–H groups in total. The third kappa shape index (κ3) is 1.90. The Bertz CT molecular complexity index is 323. The highest BCUT2D eigenvalue weighted by atomic mass is 32.1. The highest BCUT2D eigenvalue weighted by molar-refractivity contribution is 7.14. The molecule has 3 nitrogen and oxygen atoms in total. The van der Waals surface area contributed by atoms with Gasteiger partial charge in [0.25, 0.3) is 0 Å². The molecule has 0 amide bonds. The molecule has 0 aliphatic heterocycles. The Balaban J connectivity index is 1.85. The molecule has 2 rings (SSSR count). The topological polar surface area (TPSA) is 40.5 Å². The van der Waals surface area contributed by atoms with Crippen molar-refractivity contribution in [2.24, 2.45) is 11.8 Å². The summed E-state index contributed by atoms with van der Waals surface area (Å²) in [6, 6.07) is 4.07. The summed E-state index contributed by atoms with van der Waals surface area (Å²) >= 11 is 1.69. The van der Waals surface area contributed by atoms with Gasteiger partial charge in [0.05, 0.1) is 10.9 Å². The second-order valence-electron chi connectivity index (χ2n) is 3.77. The van der Waals surface area contributed by atoms with E-state index >= 15 is 0 Å². The van der Waals surface area contributed by atoms with Crippen LogP contribution in [0.25, 0.3) is 0 Å². The van der Waals surface area contributed by atoms with E-state index in [1.165, 1.54) is 5.00 Å². The molecule has 1 heterocycles. The number of carbonyl (C=O) groups is 1. The molecular weight excluding hydrogens is 198 g/mol. The van der Waals surface area contributed by atoms with Gasteiger partial charge < -0.3 is 10.0 Å². The van der Waals surface area contributed by atoms with E-state index in [1.54, 1.807) is 11.3 Å². The lowest BCUT2D eigenvalue weighted by Crippen LogP contribution is -2.20. The summed E-state index contributed by atoms with van der Waals surface area (Å²) in [6.45, 7) is 0.859. The zero-order chi connectivity index (χ0) is 10.1. The summed E-state index contributed by atoms with van der Waals surface area (Å²) in [5, 5.41) is 12.0. The van der Waals surface area contributed by atoms with Crippen LogP contribution in [-0.4, -0.2) is 24.7 Å². The van der Waals surface area contributed by atoms with Crippen molar-refractivity contribution in [3.63, 3.8) is 0 Å². The molecule has 1 aliphatic carbocycles. The maximum absolute atomic E-state index is 10.6. The van der Waals surface area contributed by atoms with Crippen LogP contribution in [0.2, 0.25) is 0 Å². The fourth-order valence-electron chi connectivity index (χ4n) is 1.68. The number of hydrogen-bond acceptors (Lipinski definition) is 3. The number of thiophene rings is 1. The number of anilines is 1. The molecule has 2 atom stereocenters. The molecule has 1 aromatic heterocycles. The molecule has 1 fully saturated rings. The van der Waals surface area contributed by atoms with Crippen molar-refractivity contribution in [3.8, 4) is 0 Å². The van der Waals surface area contributed by atoms with E-state index in [-0.39, 0.29) is 5.92 Å². The molecule has 4 heteroatoms. The maximum atomic E-state index is 10.6. The molecular formula is C10H13NO2S. The van der Waals surface area contributed by atoms with Crippen molar-refractivity contribution < 1.29 is 9.90 Å². The normalized spacial score (nSPS) is 24.6. The van der Waals surface area contributed by atoms with Crippen LogP contribution in [0.15, 0.2) is 17.5 Å². The van der Waals surface area contributed by atoms with Gasteiger partial charge in [0.2, 0.25) is 0 Å². The van der Waals surface area contributed by atoms with Gasteiger partial charge in [0.1, 0.15) is 0 Å². The maximum Gasteiger partial charge on any atom is 0.306 e. The Morgan fingerprint density at radius 1 is 1.79 bits per heavy atom. The Labute approximate surface area is 87.0 Å². The van der Waals surface area contributed by atoms with Gasteiger partial charge in [-0.1, -0.05) is 0 Å². The predicted molar refractivity (Wildman–Crippen MR) is 56.8 cm³/mol. The lowest BCUT2D eigenvalue weighted by atomic mass is 10.3. The molecule has 1 aliphatic rings. The quantitative estimate of drug-likeness (QED) is 0.827. The van der Waals surface area contributed by atoms with E-state index in [4.69, 9.17) is 5.11 Å². The molecule has 0 spiro atoms. The number of carboxylic acid groups (broad SMARTS) is 1. The average Bonchev–Trinajstić information content (AvgIpc) is 2.70. The van der Waals surface area contributed by atoms with Gasteiger partial charge in [-0.25, -0.2) is 0 Å². The van der Waals surface area contributed by atoms with Gasteiger partial charge in [0.15, 0.2) is 0 Å². The number of nitrogens with zero attached hydrogens (tertiary/aromatic N) is 1. The van der Waals surface area contributed by atoms with Crippen LogP contribution in [0.5, 0.6) is 0 Å². The summed E-state index contributed by atoms with van der Waals surface area (Å²) in [5.41, 5.74) is 0.